The minimum Gasteiger partial charge on any atom is -0.396 e. The quantitative estimate of drug-likeness (QED) is 0.776. The summed E-state index contributed by atoms with van der Waals surface area (Å²) in [7, 11) is 0. The van der Waals surface area contributed by atoms with E-state index in [0.29, 0.717) is 12.8 Å². The van der Waals surface area contributed by atoms with Crippen molar-refractivity contribution < 1.29 is 14.7 Å². The summed E-state index contributed by atoms with van der Waals surface area (Å²) in [6, 6.07) is 0. The molecule has 2 rings (SSSR count). The van der Waals surface area contributed by atoms with E-state index in [1.54, 1.807) is 0 Å². The summed E-state index contributed by atoms with van der Waals surface area (Å²) in [6.07, 6.45) is 4.98. The Labute approximate surface area is 108 Å². The summed E-state index contributed by atoms with van der Waals surface area (Å²) in [5, 5.41) is 9.18. The molecule has 1 saturated carbocycles. The van der Waals surface area contributed by atoms with Crippen molar-refractivity contribution in [1.82, 2.24) is 4.90 Å². The van der Waals surface area contributed by atoms with E-state index in [1.165, 1.54) is 4.90 Å². The van der Waals surface area contributed by atoms with Gasteiger partial charge in [-0.05, 0) is 32.6 Å². The van der Waals surface area contributed by atoms with E-state index >= 15 is 0 Å². The van der Waals surface area contributed by atoms with Gasteiger partial charge in [-0.1, -0.05) is 19.8 Å². The first-order valence-electron chi connectivity index (χ1n) is 7.04. The molecule has 2 aliphatic rings. The second-order valence-corrected chi connectivity index (χ2v) is 5.83. The van der Waals surface area contributed by atoms with Crippen LogP contribution in [0.25, 0.3) is 0 Å². The van der Waals surface area contributed by atoms with Crippen LogP contribution in [0.4, 0.5) is 0 Å². The first-order chi connectivity index (χ1) is 8.55. The van der Waals surface area contributed by atoms with Crippen LogP contribution in [0.3, 0.4) is 0 Å². The molecule has 0 aromatic heterocycles. The number of likely N-dealkylation sites (tertiary alicyclic amines) is 1. The number of hydrogen-bond donors (Lipinski definition) is 1. The maximum absolute atomic E-state index is 12.5. The van der Waals surface area contributed by atoms with Crippen molar-refractivity contribution in [1.29, 1.82) is 0 Å². The van der Waals surface area contributed by atoms with Gasteiger partial charge < -0.3 is 5.11 Å². The SMILES string of the molecule is CCC(C)(CCO)N1C(=O)C2CCCCC2C1=O. The first-order valence-corrected chi connectivity index (χ1v) is 7.04. The van der Waals surface area contributed by atoms with Crippen molar-refractivity contribution in [2.24, 2.45) is 11.8 Å². The third kappa shape index (κ3) is 1.96. The van der Waals surface area contributed by atoms with E-state index in [4.69, 9.17) is 0 Å². The van der Waals surface area contributed by atoms with Crippen LogP contribution in [0.1, 0.15) is 52.4 Å². The lowest BCUT2D eigenvalue weighted by molar-refractivity contribution is -0.147. The van der Waals surface area contributed by atoms with E-state index in [2.05, 4.69) is 0 Å². The zero-order chi connectivity index (χ0) is 13.3. The molecule has 0 aromatic carbocycles. The molecule has 0 spiro atoms. The smallest absolute Gasteiger partial charge is 0.233 e. The fraction of sp³-hybridized carbons (Fsp3) is 0.857. The Bertz CT molecular complexity index is 331. The van der Waals surface area contributed by atoms with Gasteiger partial charge in [0.25, 0.3) is 0 Å². The van der Waals surface area contributed by atoms with Crippen molar-refractivity contribution in [3.05, 3.63) is 0 Å². The number of carbonyl (C=O) groups excluding carboxylic acids is 2. The van der Waals surface area contributed by atoms with Crippen LogP contribution in [0.15, 0.2) is 0 Å². The molecule has 4 nitrogen and oxygen atoms in total. The predicted molar refractivity (Wildman–Crippen MR) is 67.7 cm³/mol. The second kappa shape index (κ2) is 5.00. The number of hydrogen-bond acceptors (Lipinski definition) is 3. The molecule has 1 aliphatic carbocycles. The monoisotopic (exact) mass is 253 g/mol. The van der Waals surface area contributed by atoms with Crippen molar-refractivity contribution in [2.75, 3.05) is 6.61 Å². The summed E-state index contributed by atoms with van der Waals surface area (Å²) in [5.41, 5.74) is -0.514. The fourth-order valence-corrected chi connectivity index (χ4v) is 3.38. The number of nitrogens with zero attached hydrogens (tertiary/aromatic N) is 1. The van der Waals surface area contributed by atoms with Gasteiger partial charge in [-0.15, -0.1) is 0 Å². The van der Waals surface area contributed by atoms with Gasteiger partial charge in [-0.25, -0.2) is 0 Å². The Balaban J connectivity index is 2.27. The van der Waals surface area contributed by atoms with Crippen LogP contribution in [-0.4, -0.2) is 34.0 Å². The average molecular weight is 253 g/mol. The molecule has 1 heterocycles. The summed E-state index contributed by atoms with van der Waals surface area (Å²) >= 11 is 0. The van der Waals surface area contributed by atoms with Gasteiger partial charge in [0.2, 0.25) is 11.8 Å². The number of imide groups is 1. The minimum atomic E-state index is -0.514. The largest absolute Gasteiger partial charge is 0.396 e. The number of fused-ring (bicyclic) bond motifs is 1. The molecule has 102 valence electrons. The molecule has 18 heavy (non-hydrogen) atoms. The summed E-state index contributed by atoms with van der Waals surface area (Å²) < 4.78 is 0. The van der Waals surface area contributed by atoms with Crippen molar-refractivity contribution in [3.8, 4) is 0 Å². The molecule has 0 radical (unpaired) electrons. The second-order valence-electron chi connectivity index (χ2n) is 5.83. The summed E-state index contributed by atoms with van der Waals surface area (Å²) in [5.74, 6) is -0.170. The van der Waals surface area contributed by atoms with Gasteiger partial charge in [0.1, 0.15) is 0 Å². The van der Waals surface area contributed by atoms with Gasteiger partial charge in [-0.3, -0.25) is 14.5 Å². The number of rotatable bonds is 4. The van der Waals surface area contributed by atoms with Crippen LogP contribution in [0.2, 0.25) is 0 Å². The summed E-state index contributed by atoms with van der Waals surface area (Å²) in [6.45, 7) is 3.89. The van der Waals surface area contributed by atoms with Crippen LogP contribution >= 0.6 is 0 Å². The Morgan fingerprint density at radius 3 is 2.11 bits per heavy atom. The summed E-state index contributed by atoms with van der Waals surface area (Å²) in [4.78, 5) is 26.4. The number of carbonyl (C=O) groups is 2. The van der Waals surface area contributed by atoms with E-state index < -0.39 is 5.54 Å². The highest BCUT2D eigenvalue weighted by molar-refractivity contribution is 6.06. The van der Waals surface area contributed by atoms with E-state index in [-0.39, 0.29) is 30.3 Å². The fourth-order valence-electron chi connectivity index (χ4n) is 3.38. The highest BCUT2D eigenvalue weighted by atomic mass is 16.3. The van der Waals surface area contributed by atoms with Gasteiger partial charge in [-0.2, -0.15) is 0 Å². The Hall–Kier alpha value is -0.900. The zero-order valence-corrected chi connectivity index (χ0v) is 11.3. The van der Waals surface area contributed by atoms with Crippen molar-refractivity contribution in [3.63, 3.8) is 0 Å². The number of aliphatic hydroxyl groups is 1. The predicted octanol–water partition coefficient (Wildman–Crippen LogP) is 1.71. The molecular weight excluding hydrogens is 230 g/mol. The standard InChI is InChI=1S/C14H23NO3/c1-3-14(2,8-9-16)15-12(17)10-6-4-5-7-11(10)13(15)18/h10-11,16H,3-9H2,1-2H3. The topological polar surface area (TPSA) is 57.6 Å². The molecule has 2 fully saturated rings. The number of aliphatic hydroxyl groups excluding tert-OH is 1. The lowest BCUT2D eigenvalue weighted by atomic mass is 9.81. The van der Waals surface area contributed by atoms with E-state index in [9.17, 15) is 14.7 Å². The number of amides is 2. The Morgan fingerprint density at radius 2 is 1.72 bits per heavy atom. The van der Waals surface area contributed by atoms with Crippen LogP contribution in [0.5, 0.6) is 0 Å². The minimum absolute atomic E-state index is 0.00231. The molecule has 1 saturated heterocycles. The van der Waals surface area contributed by atoms with Gasteiger partial charge in [0, 0.05) is 12.1 Å². The van der Waals surface area contributed by atoms with Crippen LogP contribution in [-0.2, 0) is 9.59 Å². The van der Waals surface area contributed by atoms with Crippen LogP contribution in [0, 0.1) is 11.8 Å². The van der Waals surface area contributed by atoms with Crippen molar-refractivity contribution >= 4 is 11.8 Å². The van der Waals surface area contributed by atoms with Gasteiger partial charge in [0.15, 0.2) is 0 Å². The molecule has 1 N–H and O–H groups in total. The zero-order valence-electron chi connectivity index (χ0n) is 11.3. The molecule has 0 bridgehead atoms. The van der Waals surface area contributed by atoms with Crippen LogP contribution < -0.4 is 0 Å². The third-order valence-electron chi connectivity index (χ3n) is 4.79. The Morgan fingerprint density at radius 1 is 1.22 bits per heavy atom. The molecule has 1 aliphatic heterocycles. The molecule has 0 aromatic rings. The lowest BCUT2D eigenvalue weighted by Gasteiger charge is -2.36. The molecule has 4 heteroatoms. The maximum Gasteiger partial charge on any atom is 0.233 e. The van der Waals surface area contributed by atoms with Gasteiger partial charge in [0.05, 0.1) is 11.8 Å². The molecule has 3 atom stereocenters. The van der Waals surface area contributed by atoms with E-state index in [1.807, 2.05) is 13.8 Å². The Kier molecular flexibility index (Phi) is 3.76. The first kappa shape index (κ1) is 13.5. The van der Waals surface area contributed by atoms with E-state index in [0.717, 1.165) is 25.7 Å². The van der Waals surface area contributed by atoms with Gasteiger partial charge >= 0.3 is 0 Å². The normalized spacial score (nSPS) is 31.4. The molecule has 3 unspecified atom stereocenters. The van der Waals surface area contributed by atoms with Crippen molar-refractivity contribution in [2.45, 2.75) is 57.9 Å². The maximum atomic E-state index is 12.5. The molecular formula is C14H23NO3. The molecule has 2 amide bonds. The third-order valence-corrected chi connectivity index (χ3v) is 4.79. The highest BCUT2D eigenvalue weighted by Crippen LogP contribution is 2.42. The average Bonchev–Trinajstić information content (AvgIpc) is 2.63. The highest BCUT2D eigenvalue weighted by Gasteiger charge is 2.53. The lowest BCUT2D eigenvalue weighted by Crippen LogP contribution is -2.50.